The van der Waals surface area contributed by atoms with Crippen LogP contribution in [0.5, 0.6) is 0 Å². The van der Waals surface area contributed by atoms with Gasteiger partial charge in [-0.1, -0.05) is 0 Å². The molecule has 0 aliphatic rings. The molecule has 1 amide bonds. The summed E-state index contributed by atoms with van der Waals surface area (Å²) < 4.78 is 4.89. The predicted octanol–water partition coefficient (Wildman–Crippen LogP) is 1.93. The van der Waals surface area contributed by atoms with Crippen LogP contribution in [0.2, 0.25) is 0 Å². The number of hydrogen-bond donors (Lipinski definition) is 2. The second kappa shape index (κ2) is 4.70. The van der Waals surface area contributed by atoms with E-state index in [1.165, 1.54) is 12.3 Å². The number of carboxylic acids is 1. The van der Waals surface area contributed by atoms with Crippen molar-refractivity contribution in [3.05, 3.63) is 47.7 Å². The highest BCUT2D eigenvalue weighted by atomic mass is 16.4. The van der Waals surface area contributed by atoms with Crippen molar-refractivity contribution < 1.29 is 19.1 Å². The van der Waals surface area contributed by atoms with Gasteiger partial charge in [0, 0.05) is 12.3 Å². The smallest absolute Gasteiger partial charge is 0.338 e. The van der Waals surface area contributed by atoms with E-state index in [2.05, 4.69) is 10.3 Å². The fraction of sp³-hybridized carbons (Fsp3) is 0.0833. The van der Waals surface area contributed by atoms with Gasteiger partial charge in [0.05, 0.1) is 17.4 Å². The van der Waals surface area contributed by atoms with Crippen LogP contribution in [0.15, 0.2) is 35.2 Å². The van der Waals surface area contributed by atoms with Crippen molar-refractivity contribution in [1.29, 1.82) is 0 Å². The predicted molar refractivity (Wildman–Crippen MR) is 62.6 cm³/mol. The quantitative estimate of drug-likeness (QED) is 0.863. The Labute approximate surface area is 102 Å². The molecule has 0 bridgehead atoms. The zero-order chi connectivity index (χ0) is 13.1. The van der Waals surface area contributed by atoms with E-state index >= 15 is 0 Å². The zero-order valence-corrected chi connectivity index (χ0v) is 9.51. The molecule has 6 nitrogen and oxygen atoms in total. The summed E-state index contributed by atoms with van der Waals surface area (Å²) in [6.07, 6.45) is 4.14. The van der Waals surface area contributed by atoms with Crippen LogP contribution >= 0.6 is 0 Å². The average molecular weight is 246 g/mol. The third kappa shape index (κ3) is 2.37. The monoisotopic (exact) mass is 246 g/mol. The molecule has 0 fully saturated rings. The molecule has 92 valence electrons. The van der Waals surface area contributed by atoms with Gasteiger partial charge in [-0.25, -0.2) is 4.79 Å². The Morgan fingerprint density at radius 2 is 2.22 bits per heavy atom. The summed E-state index contributed by atoms with van der Waals surface area (Å²) in [7, 11) is 0. The largest absolute Gasteiger partial charge is 0.478 e. The maximum atomic E-state index is 11.8. The number of aromatic carboxylic acids is 1. The molecule has 2 rings (SSSR count). The molecule has 0 spiro atoms. The van der Waals surface area contributed by atoms with E-state index in [1.807, 2.05) is 6.92 Å². The third-order valence-corrected chi connectivity index (χ3v) is 2.36. The summed E-state index contributed by atoms with van der Waals surface area (Å²) in [6, 6.07) is 2.92. The molecular formula is C12H10N2O4. The van der Waals surface area contributed by atoms with E-state index in [0.717, 1.165) is 11.8 Å². The maximum absolute atomic E-state index is 11.8. The van der Waals surface area contributed by atoms with Gasteiger partial charge in [-0.15, -0.1) is 0 Å². The van der Waals surface area contributed by atoms with Gasteiger partial charge in [0.15, 0.2) is 5.76 Å². The van der Waals surface area contributed by atoms with Crippen LogP contribution in [-0.2, 0) is 0 Å². The normalized spacial score (nSPS) is 10.1. The Kier molecular flexibility index (Phi) is 3.09. The Bertz CT molecular complexity index is 604. The second-order valence-electron chi connectivity index (χ2n) is 3.65. The van der Waals surface area contributed by atoms with Crippen molar-refractivity contribution in [3.63, 3.8) is 0 Å². The lowest BCUT2D eigenvalue weighted by atomic mass is 10.2. The number of aromatic nitrogens is 1. The molecule has 0 aromatic carbocycles. The molecule has 2 aromatic heterocycles. The maximum Gasteiger partial charge on any atom is 0.338 e. The van der Waals surface area contributed by atoms with Crippen LogP contribution in [0.4, 0.5) is 5.69 Å². The van der Waals surface area contributed by atoms with Crippen molar-refractivity contribution in [1.82, 2.24) is 4.98 Å². The van der Waals surface area contributed by atoms with Crippen molar-refractivity contribution >= 4 is 17.6 Å². The number of furan rings is 1. The Hall–Kier alpha value is -2.63. The van der Waals surface area contributed by atoms with Gasteiger partial charge in [-0.05, 0) is 18.6 Å². The molecule has 2 heterocycles. The molecular weight excluding hydrogens is 236 g/mol. The lowest BCUT2D eigenvalue weighted by Gasteiger charge is -2.05. The number of amides is 1. The van der Waals surface area contributed by atoms with Crippen LogP contribution in [0, 0.1) is 6.92 Å². The van der Waals surface area contributed by atoms with Crippen molar-refractivity contribution in [2.75, 3.05) is 5.32 Å². The Balaban J connectivity index is 2.17. The minimum atomic E-state index is -1.14. The third-order valence-electron chi connectivity index (χ3n) is 2.36. The van der Waals surface area contributed by atoms with Crippen LogP contribution in [0.25, 0.3) is 0 Å². The standard InChI is InChI=1S/C12H10N2O4/c1-7-2-3-13-5-9(7)14-11(15)10-4-8(6-18-10)12(16)17/h2-6H,1H3,(H,14,15)(H,16,17). The van der Waals surface area contributed by atoms with Gasteiger partial charge in [-0.2, -0.15) is 0 Å². The second-order valence-corrected chi connectivity index (χ2v) is 3.65. The van der Waals surface area contributed by atoms with Crippen molar-refractivity contribution in [3.8, 4) is 0 Å². The molecule has 0 atom stereocenters. The van der Waals surface area contributed by atoms with Gasteiger partial charge >= 0.3 is 5.97 Å². The first-order chi connectivity index (χ1) is 8.58. The number of pyridine rings is 1. The summed E-state index contributed by atoms with van der Waals surface area (Å²) in [5, 5.41) is 11.3. The van der Waals surface area contributed by atoms with E-state index in [9.17, 15) is 9.59 Å². The fourth-order valence-corrected chi connectivity index (χ4v) is 1.35. The molecule has 0 radical (unpaired) electrons. The summed E-state index contributed by atoms with van der Waals surface area (Å²) in [4.78, 5) is 26.3. The molecule has 0 aliphatic carbocycles. The highest BCUT2D eigenvalue weighted by Crippen LogP contribution is 2.14. The molecule has 2 N–H and O–H groups in total. The number of nitrogens with one attached hydrogen (secondary N) is 1. The number of carbonyl (C=O) groups excluding carboxylic acids is 1. The van der Waals surface area contributed by atoms with E-state index in [-0.39, 0.29) is 11.3 Å². The lowest BCUT2D eigenvalue weighted by Crippen LogP contribution is -2.12. The summed E-state index contributed by atoms with van der Waals surface area (Å²) in [6.45, 7) is 1.82. The summed E-state index contributed by atoms with van der Waals surface area (Å²) >= 11 is 0. The molecule has 6 heteroatoms. The highest BCUT2D eigenvalue weighted by Gasteiger charge is 2.15. The van der Waals surface area contributed by atoms with Gasteiger partial charge < -0.3 is 14.8 Å². The molecule has 0 unspecified atom stereocenters. The lowest BCUT2D eigenvalue weighted by molar-refractivity contribution is 0.0696. The van der Waals surface area contributed by atoms with E-state index in [0.29, 0.717) is 5.69 Å². The van der Waals surface area contributed by atoms with Gasteiger partial charge in [0.25, 0.3) is 5.91 Å². The van der Waals surface area contributed by atoms with Gasteiger partial charge in [-0.3, -0.25) is 9.78 Å². The number of rotatable bonds is 3. The Morgan fingerprint density at radius 3 is 2.83 bits per heavy atom. The number of anilines is 1. The van der Waals surface area contributed by atoms with Gasteiger partial charge in [0.1, 0.15) is 6.26 Å². The summed E-state index contributed by atoms with van der Waals surface area (Å²) in [5.41, 5.74) is 1.34. The molecule has 2 aromatic rings. The van der Waals surface area contributed by atoms with E-state index in [4.69, 9.17) is 9.52 Å². The SMILES string of the molecule is Cc1ccncc1NC(=O)c1cc(C(=O)O)co1. The van der Waals surface area contributed by atoms with Gasteiger partial charge in [0.2, 0.25) is 0 Å². The first-order valence-electron chi connectivity index (χ1n) is 5.11. The molecule has 0 saturated carbocycles. The number of carboxylic acid groups (broad SMARTS) is 1. The van der Waals surface area contributed by atoms with Crippen LogP contribution < -0.4 is 5.32 Å². The van der Waals surface area contributed by atoms with Crippen LogP contribution in [-0.4, -0.2) is 22.0 Å². The summed E-state index contributed by atoms with van der Waals surface area (Å²) in [5.74, 6) is -1.72. The first-order valence-corrected chi connectivity index (χ1v) is 5.11. The molecule has 0 saturated heterocycles. The molecule has 0 aliphatic heterocycles. The average Bonchev–Trinajstić information content (AvgIpc) is 2.81. The van der Waals surface area contributed by atoms with Crippen molar-refractivity contribution in [2.45, 2.75) is 6.92 Å². The number of aryl methyl sites for hydroxylation is 1. The number of nitrogens with zero attached hydrogens (tertiary/aromatic N) is 1. The van der Waals surface area contributed by atoms with Crippen LogP contribution in [0.1, 0.15) is 26.5 Å². The van der Waals surface area contributed by atoms with Crippen molar-refractivity contribution in [2.24, 2.45) is 0 Å². The highest BCUT2D eigenvalue weighted by molar-refractivity contribution is 6.03. The minimum absolute atomic E-state index is 0.0596. The Morgan fingerprint density at radius 1 is 1.44 bits per heavy atom. The van der Waals surface area contributed by atoms with E-state index < -0.39 is 11.9 Å². The van der Waals surface area contributed by atoms with Crippen LogP contribution in [0.3, 0.4) is 0 Å². The topological polar surface area (TPSA) is 92.4 Å². The first kappa shape index (κ1) is 11.8. The molecule has 18 heavy (non-hydrogen) atoms. The fourth-order valence-electron chi connectivity index (χ4n) is 1.35. The number of hydrogen-bond acceptors (Lipinski definition) is 4. The number of carbonyl (C=O) groups is 2. The minimum Gasteiger partial charge on any atom is -0.478 e. The zero-order valence-electron chi connectivity index (χ0n) is 9.51. The van der Waals surface area contributed by atoms with E-state index in [1.54, 1.807) is 12.3 Å².